The molecule has 1 amide bonds. The Bertz CT molecular complexity index is 271. The summed E-state index contributed by atoms with van der Waals surface area (Å²) in [6.07, 6.45) is 3.70. The van der Waals surface area contributed by atoms with Crippen molar-refractivity contribution in [3.05, 3.63) is 0 Å². The molecular formula is C13H24N2O3. The zero-order valence-electron chi connectivity index (χ0n) is 11.0. The molecule has 5 heteroatoms. The molecule has 0 aromatic carbocycles. The molecule has 3 N–H and O–H groups in total. The number of ether oxygens (including phenoxy) is 2. The molecule has 0 spiro atoms. The van der Waals surface area contributed by atoms with Crippen LogP contribution < -0.4 is 11.1 Å². The van der Waals surface area contributed by atoms with Crippen LogP contribution in [0.1, 0.15) is 25.7 Å². The van der Waals surface area contributed by atoms with Gasteiger partial charge in [-0.05, 0) is 31.6 Å². The fourth-order valence-corrected chi connectivity index (χ4v) is 2.68. The van der Waals surface area contributed by atoms with Gasteiger partial charge in [-0.15, -0.1) is 0 Å². The van der Waals surface area contributed by atoms with Gasteiger partial charge in [0.15, 0.2) is 0 Å². The standard InChI is InChI=1S/C13H24N2O3/c14-10-13(3-6-17-7-4-13)12(16)15-8-11-2-1-5-18-9-11/h11H,1-10,14H2,(H,15,16). The van der Waals surface area contributed by atoms with Gasteiger partial charge in [0.1, 0.15) is 0 Å². The lowest BCUT2D eigenvalue weighted by Gasteiger charge is -2.35. The average Bonchev–Trinajstić information content (AvgIpc) is 2.46. The van der Waals surface area contributed by atoms with Crippen LogP contribution in [0.3, 0.4) is 0 Å². The lowest BCUT2D eigenvalue weighted by molar-refractivity contribution is -0.136. The minimum atomic E-state index is -0.409. The molecule has 5 nitrogen and oxygen atoms in total. The molecule has 104 valence electrons. The van der Waals surface area contributed by atoms with Gasteiger partial charge in [-0.2, -0.15) is 0 Å². The van der Waals surface area contributed by atoms with Crippen LogP contribution in [0.4, 0.5) is 0 Å². The monoisotopic (exact) mass is 256 g/mol. The summed E-state index contributed by atoms with van der Waals surface area (Å²) in [7, 11) is 0. The fraction of sp³-hybridized carbons (Fsp3) is 0.923. The average molecular weight is 256 g/mol. The van der Waals surface area contributed by atoms with E-state index in [0.717, 1.165) is 38.9 Å². The molecular weight excluding hydrogens is 232 g/mol. The molecule has 0 bridgehead atoms. The van der Waals surface area contributed by atoms with Crippen molar-refractivity contribution in [2.24, 2.45) is 17.1 Å². The summed E-state index contributed by atoms with van der Waals surface area (Å²) in [4.78, 5) is 12.3. The van der Waals surface area contributed by atoms with E-state index in [4.69, 9.17) is 15.2 Å². The Morgan fingerprint density at radius 2 is 2.06 bits per heavy atom. The third-order valence-electron chi connectivity index (χ3n) is 4.13. The predicted molar refractivity (Wildman–Crippen MR) is 68.1 cm³/mol. The van der Waals surface area contributed by atoms with Gasteiger partial charge in [-0.3, -0.25) is 4.79 Å². The zero-order chi connectivity index (χ0) is 12.8. The maximum atomic E-state index is 12.3. The van der Waals surface area contributed by atoms with Crippen LogP contribution in [0.25, 0.3) is 0 Å². The summed E-state index contributed by atoms with van der Waals surface area (Å²) in [6, 6.07) is 0. The summed E-state index contributed by atoms with van der Waals surface area (Å²) >= 11 is 0. The van der Waals surface area contributed by atoms with Crippen LogP contribution in [0.2, 0.25) is 0 Å². The highest BCUT2D eigenvalue weighted by Gasteiger charge is 2.38. The maximum Gasteiger partial charge on any atom is 0.227 e. The maximum absolute atomic E-state index is 12.3. The minimum Gasteiger partial charge on any atom is -0.381 e. The van der Waals surface area contributed by atoms with Gasteiger partial charge in [-0.1, -0.05) is 0 Å². The zero-order valence-corrected chi connectivity index (χ0v) is 11.0. The van der Waals surface area contributed by atoms with Crippen LogP contribution >= 0.6 is 0 Å². The Kier molecular flexibility index (Phi) is 4.97. The third kappa shape index (κ3) is 3.22. The molecule has 0 radical (unpaired) electrons. The summed E-state index contributed by atoms with van der Waals surface area (Å²) in [5, 5.41) is 3.06. The van der Waals surface area contributed by atoms with Crippen molar-refractivity contribution < 1.29 is 14.3 Å². The van der Waals surface area contributed by atoms with Gasteiger partial charge in [-0.25, -0.2) is 0 Å². The fourth-order valence-electron chi connectivity index (χ4n) is 2.68. The second-order valence-electron chi connectivity index (χ2n) is 5.39. The van der Waals surface area contributed by atoms with Crippen LogP contribution in [0.5, 0.6) is 0 Å². The first-order valence-electron chi connectivity index (χ1n) is 6.91. The summed E-state index contributed by atoms with van der Waals surface area (Å²) < 4.78 is 10.7. The second-order valence-corrected chi connectivity index (χ2v) is 5.39. The van der Waals surface area contributed by atoms with Crippen molar-refractivity contribution in [2.75, 3.05) is 39.5 Å². The van der Waals surface area contributed by atoms with Crippen LogP contribution in [0, 0.1) is 11.3 Å². The number of carbonyl (C=O) groups excluding carboxylic acids is 1. The summed E-state index contributed by atoms with van der Waals surface area (Å²) in [5.74, 6) is 0.552. The van der Waals surface area contributed by atoms with Crippen molar-refractivity contribution in [3.63, 3.8) is 0 Å². The van der Waals surface area contributed by atoms with Gasteiger partial charge in [0.25, 0.3) is 0 Å². The molecule has 0 saturated carbocycles. The third-order valence-corrected chi connectivity index (χ3v) is 4.13. The van der Waals surface area contributed by atoms with Crippen molar-refractivity contribution >= 4 is 5.91 Å². The molecule has 2 aliphatic rings. The highest BCUT2D eigenvalue weighted by atomic mass is 16.5. The Morgan fingerprint density at radius 3 is 2.67 bits per heavy atom. The Morgan fingerprint density at radius 1 is 1.28 bits per heavy atom. The van der Waals surface area contributed by atoms with Gasteiger partial charge in [0.05, 0.1) is 12.0 Å². The van der Waals surface area contributed by atoms with E-state index >= 15 is 0 Å². The van der Waals surface area contributed by atoms with E-state index < -0.39 is 5.41 Å². The van der Waals surface area contributed by atoms with E-state index in [2.05, 4.69) is 5.32 Å². The number of hydrogen-bond donors (Lipinski definition) is 2. The first-order chi connectivity index (χ1) is 8.77. The van der Waals surface area contributed by atoms with E-state index in [0.29, 0.717) is 32.2 Å². The van der Waals surface area contributed by atoms with Crippen molar-refractivity contribution in [1.29, 1.82) is 0 Å². The molecule has 0 aromatic rings. The van der Waals surface area contributed by atoms with Gasteiger partial charge in [0.2, 0.25) is 5.91 Å². The Balaban J connectivity index is 1.81. The number of nitrogens with one attached hydrogen (secondary N) is 1. The first kappa shape index (κ1) is 13.8. The highest BCUT2D eigenvalue weighted by Crippen LogP contribution is 2.29. The summed E-state index contributed by atoms with van der Waals surface area (Å²) in [6.45, 7) is 4.01. The molecule has 0 aromatic heterocycles. The first-order valence-corrected chi connectivity index (χ1v) is 6.91. The predicted octanol–water partition coefficient (Wildman–Crippen LogP) is 0.285. The van der Waals surface area contributed by atoms with Crippen LogP contribution in [0.15, 0.2) is 0 Å². The molecule has 0 aliphatic carbocycles. The van der Waals surface area contributed by atoms with E-state index in [1.165, 1.54) is 0 Å². The number of hydrogen-bond acceptors (Lipinski definition) is 4. The Hall–Kier alpha value is -0.650. The van der Waals surface area contributed by atoms with Crippen molar-refractivity contribution in [2.45, 2.75) is 25.7 Å². The van der Waals surface area contributed by atoms with Gasteiger partial charge in [0, 0.05) is 32.9 Å². The van der Waals surface area contributed by atoms with Crippen molar-refractivity contribution in [1.82, 2.24) is 5.32 Å². The molecule has 1 atom stereocenters. The smallest absolute Gasteiger partial charge is 0.227 e. The highest BCUT2D eigenvalue weighted by molar-refractivity contribution is 5.83. The van der Waals surface area contributed by atoms with Crippen molar-refractivity contribution in [3.8, 4) is 0 Å². The minimum absolute atomic E-state index is 0.0962. The summed E-state index contributed by atoms with van der Waals surface area (Å²) in [5.41, 5.74) is 5.40. The van der Waals surface area contributed by atoms with Crippen LogP contribution in [-0.4, -0.2) is 45.4 Å². The lowest BCUT2D eigenvalue weighted by atomic mass is 9.79. The molecule has 18 heavy (non-hydrogen) atoms. The molecule has 2 heterocycles. The SMILES string of the molecule is NCC1(C(=O)NCC2CCCOC2)CCOCC1. The lowest BCUT2D eigenvalue weighted by Crippen LogP contribution is -2.50. The van der Waals surface area contributed by atoms with Gasteiger partial charge < -0.3 is 20.5 Å². The van der Waals surface area contributed by atoms with E-state index in [1.807, 2.05) is 0 Å². The molecule has 2 rings (SSSR count). The topological polar surface area (TPSA) is 73.6 Å². The quantitative estimate of drug-likeness (QED) is 0.758. The number of rotatable bonds is 4. The molecule has 2 fully saturated rings. The molecule has 2 aliphatic heterocycles. The van der Waals surface area contributed by atoms with Crippen LogP contribution in [-0.2, 0) is 14.3 Å². The normalized spacial score (nSPS) is 27.7. The Labute approximate surface area is 108 Å². The number of amides is 1. The van der Waals surface area contributed by atoms with E-state index in [-0.39, 0.29) is 5.91 Å². The van der Waals surface area contributed by atoms with E-state index in [1.54, 1.807) is 0 Å². The largest absolute Gasteiger partial charge is 0.381 e. The number of nitrogens with two attached hydrogens (primary N) is 1. The second kappa shape index (κ2) is 6.50. The van der Waals surface area contributed by atoms with E-state index in [9.17, 15) is 4.79 Å². The van der Waals surface area contributed by atoms with Gasteiger partial charge >= 0.3 is 0 Å². The molecule has 1 unspecified atom stereocenters. The number of carbonyl (C=O) groups is 1. The molecule has 2 saturated heterocycles.